The van der Waals surface area contributed by atoms with E-state index in [-0.39, 0.29) is 29.5 Å². The minimum atomic E-state index is -3.40. The predicted octanol–water partition coefficient (Wildman–Crippen LogP) is 1.89. The van der Waals surface area contributed by atoms with Gasteiger partial charge in [-0.1, -0.05) is 37.3 Å². The van der Waals surface area contributed by atoms with Crippen molar-refractivity contribution < 1.29 is 22.7 Å². The number of carbonyl (C=O) groups is 2. The highest BCUT2D eigenvalue weighted by Gasteiger charge is 2.33. The molecule has 0 spiro atoms. The standard InChI is InChI=1S/C20H30N2O5S/c1-4-21(14-16(2)20(24)27-3)19(23)18-10-12-22(13-11-18)28(25,26)15-17-8-6-5-7-9-17/h5-9,16,18H,4,10-15H2,1-3H3. The number of hydrogen-bond donors (Lipinski definition) is 0. The number of carbonyl (C=O) groups excluding carboxylic acids is 2. The summed E-state index contributed by atoms with van der Waals surface area (Å²) in [6.45, 7) is 5.12. The summed E-state index contributed by atoms with van der Waals surface area (Å²) in [6, 6.07) is 9.10. The van der Waals surface area contributed by atoms with E-state index in [4.69, 9.17) is 4.74 Å². The van der Waals surface area contributed by atoms with E-state index in [1.807, 2.05) is 25.1 Å². The summed E-state index contributed by atoms with van der Waals surface area (Å²) in [6.07, 6.45) is 0.992. The number of methoxy groups -OCH3 is 1. The number of ether oxygens (including phenoxy) is 1. The number of nitrogens with zero attached hydrogens (tertiary/aromatic N) is 2. The lowest BCUT2D eigenvalue weighted by atomic mass is 9.96. The molecule has 0 radical (unpaired) electrons. The van der Waals surface area contributed by atoms with Crippen LogP contribution in [0.5, 0.6) is 0 Å². The fourth-order valence-corrected chi connectivity index (χ4v) is 5.06. The van der Waals surface area contributed by atoms with Crippen molar-refractivity contribution in [2.75, 3.05) is 33.3 Å². The summed E-state index contributed by atoms with van der Waals surface area (Å²) in [7, 11) is -2.06. The molecule has 0 bridgehead atoms. The zero-order valence-corrected chi connectivity index (χ0v) is 17.7. The molecule has 7 nitrogen and oxygen atoms in total. The van der Waals surface area contributed by atoms with Crippen LogP contribution in [0, 0.1) is 11.8 Å². The zero-order valence-electron chi connectivity index (χ0n) is 16.8. The van der Waals surface area contributed by atoms with Gasteiger partial charge in [-0.05, 0) is 25.3 Å². The molecule has 1 amide bonds. The quantitative estimate of drug-likeness (QED) is 0.611. The smallest absolute Gasteiger partial charge is 0.310 e. The third-order valence-corrected chi connectivity index (χ3v) is 7.03. The summed E-state index contributed by atoms with van der Waals surface area (Å²) in [5.41, 5.74) is 0.759. The van der Waals surface area contributed by atoms with Crippen LogP contribution in [0.15, 0.2) is 30.3 Å². The van der Waals surface area contributed by atoms with Gasteiger partial charge in [0.05, 0.1) is 18.8 Å². The van der Waals surface area contributed by atoms with E-state index in [1.54, 1.807) is 24.0 Å². The molecule has 1 saturated heterocycles. The monoisotopic (exact) mass is 410 g/mol. The van der Waals surface area contributed by atoms with Gasteiger partial charge < -0.3 is 9.64 Å². The Kier molecular flexibility index (Phi) is 8.00. The summed E-state index contributed by atoms with van der Waals surface area (Å²) in [4.78, 5) is 26.1. The van der Waals surface area contributed by atoms with Crippen molar-refractivity contribution in [1.82, 2.24) is 9.21 Å². The summed E-state index contributed by atoms with van der Waals surface area (Å²) in [5.74, 6) is -0.982. The first-order valence-corrected chi connectivity index (χ1v) is 11.3. The molecular formula is C20H30N2O5S. The minimum absolute atomic E-state index is 0.0154. The Labute approximate surface area is 167 Å². The van der Waals surface area contributed by atoms with Crippen molar-refractivity contribution >= 4 is 21.9 Å². The van der Waals surface area contributed by atoms with Crippen LogP contribution >= 0.6 is 0 Å². The molecule has 1 aliphatic heterocycles. The third kappa shape index (κ3) is 5.78. The molecule has 1 aromatic rings. The van der Waals surface area contributed by atoms with Gasteiger partial charge >= 0.3 is 5.97 Å². The number of piperidine rings is 1. The lowest BCUT2D eigenvalue weighted by molar-refractivity contribution is -0.147. The lowest BCUT2D eigenvalue weighted by Crippen LogP contribution is -2.46. The number of amides is 1. The van der Waals surface area contributed by atoms with Gasteiger partial charge in [-0.15, -0.1) is 0 Å². The first-order chi connectivity index (χ1) is 13.3. The Morgan fingerprint density at radius 1 is 1.21 bits per heavy atom. The van der Waals surface area contributed by atoms with Gasteiger partial charge in [-0.25, -0.2) is 12.7 Å². The molecular weight excluding hydrogens is 380 g/mol. The molecule has 1 fully saturated rings. The van der Waals surface area contributed by atoms with Gasteiger partial charge in [0.1, 0.15) is 0 Å². The molecule has 156 valence electrons. The van der Waals surface area contributed by atoms with E-state index in [2.05, 4.69) is 0 Å². The van der Waals surface area contributed by atoms with Crippen LogP contribution in [0.2, 0.25) is 0 Å². The predicted molar refractivity (Wildman–Crippen MR) is 107 cm³/mol. The van der Waals surface area contributed by atoms with E-state index in [9.17, 15) is 18.0 Å². The zero-order chi connectivity index (χ0) is 20.7. The van der Waals surface area contributed by atoms with Gasteiger partial charge in [0.15, 0.2) is 0 Å². The molecule has 28 heavy (non-hydrogen) atoms. The summed E-state index contributed by atoms with van der Waals surface area (Å²) < 4.78 is 31.5. The highest BCUT2D eigenvalue weighted by atomic mass is 32.2. The number of sulfonamides is 1. The van der Waals surface area contributed by atoms with Gasteiger partial charge in [0.25, 0.3) is 0 Å². The molecule has 0 aliphatic carbocycles. The second-order valence-corrected chi connectivity index (χ2v) is 9.19. The number of esters is 1. The van der Waals surface area contributed by atoms with Crippen LogP contribution in [-0.4, -0.2) is 62.8 Å². The molecule has 1 aliphatic rings. The van der Waals surface area contributed by atoms with Crippen molar-refractivity contribution in [3.05, 3.63) is 35.9 Å². The van der Waals surface area contributed by atoms with E-state index in [0.717, 1.165) is 5.56 Å². The number of rotatable bonds is 8. The lowest BCUT2D eigenvalue weighted by Gasteiger charge is -2.34. The Hall–Kier alpha value is -1.93. The van der Waals surface area contributed by atoms with Crippen LogP contribution in [0.3, 0.4) is 0 Å². The molecule has 1 aromatic carbocycles. The number of hydrogen-bond acceptors (Lipinski definition) is 5. The van der Waals surface area contributed by atoms with Gasteiger partial charge in [0, 0.05) is 32.1 Å². The van der Waals surface area contributed by atoms with E-state index in [0.29, 0.717) is 39.0 Å². The van der Waals surface area contributed by atoms with Crippen LogP contribution in [0.4, 0.5) is 0 Å². The fourth-order valence-electron chi connectivity index (χ4n) is 3.50. The van der Waals surface area contributed by atoms with Crippen molar-refractivity contribution in [1.29, 1.82) is 0 Å². The average molecular weight is 411 g/mol. The molecule has 0 saturated carbocycles. The second kappa shape index (κ2) is 10.0. The normalized spacial score (nSPS) is 17.1. The molecule has 8 heteroatoms. The maximum Gasteiger partial charge on any atom is 0.310 e. The summed E-state index contributed by atoms with van der Waals surface area (Å²) >= 11 is 0. The second-order valence-electron chi connectivity index (χ2n) is 7.22. The maximum absolute atomic E-state index is 12.8. The van der Waals surface area contributed by atoms with E-state index < -0.39 is 10.0 Å². The van der Waals surface area contributed by atoms with Crippen LogP contribution in [0.25, 0.3) is 0 Å². The van der Waals surface area contributed by atoms with Crippen molar-refractivity contribution in [2.45, 2.75) is 32.4 Å². The molecule has 0 aromatic heterocycles. The molecule has 2 rings (SSSR count). The van der Waals surface area contributed by atoms with Gasteiger partial charge in [0.2, 0.25) is 15.9 Å². The van der Waals surface area contributed by atoms with Crippen LogP contribution in [0.1, 0.15) is 32.3 Å². The maximum atomic E-state index is 12.8. The molecule has 0 N–H and O–H groups in total. The highest BCUT2D eigenvalue weighted by molar-refractivity contribution is 7.88. The van der Waals surface area contributed by atoms with Crippen molar-refractivity contribution in [3.8, 4) is 0 Å². The van der Waals surface area contributed by atoms with E-state index in [1.165, 1.54) is 11.4 Å². The van der Waals surface area contributed by atoms with Crippen LogP contribution < -0.4 is 0 Å². The third-order valence-electron chi connectivity index (χ3n) is 5.18. The molecule has 1 atom stereocenters. The first-order valence-electron chi connectivity index (χ1n) is 9.66. The first kappa shape index (κ1) is 22.4. The Balaban J connectivity index is 1.92. The Bertz CT molecular complexity index is 758. The van der Waals surface area contributed by atoms with Crippen LogP contribution in [-0.2, 0) is 30.1 Å². The summed E-state index contributed by atoms with van der Waals surface area (Å²) in [5, 5.41) is 0. The van der Waals surface area contributed by atoms with Gasteiger partial charge in [-0.2, -0.15) is 0 Å². The molecule has 1 heterocycles. The Morgan fingerprint density at radius 2 is 1.82 bits per heavy atom. The number of benzene rings is 1. The van der Waals surface area contributed by atoms with E-state index >= 15 is 0 Å². The Morgan fingerprint density at radius 3 is 2.36 bits per heavy atom. The fraction of sp³-hybridized carbons (Fsp3) is 0.600. The van der Waals surface area contributed by atoms with Crippen molar-refractivity contribution in [3.63, 3.8) is 0 Å². The highest BCUT2D eigenvalue weighted by Crippen LogP contribution is 2.24. The average Bonchev–Trinajstić information content (AvgIpc) is 2.71. The van der Waals surface area contributed by atoms with Gasteiger partial charge in [-0.3, -0.25) is 9.59 Å². The SMILES string of the molecule is CCN(CC(C)C(=O)OC)C(=O)C1CCN(S(=O)(=O)Cc2ccccc2)CC1. The molecule has 1 unspecified atom stereocenters. The van der Waals surface area contributed by atoms with Crippen molar-refractivity contribution in [2.24, 2.45) is 11.8 Å². The topological polar surface area (TPSA) is 84.0 Å². The minimum Gasteiger partial charge on any atom is -0.469 e. The largest absolute Gasteiger partial charge is 0.469 e.